The summed E-state index contributed by atoms with van der Waals surface area (Å²) in [6, 6.07) is 13.1. The Bertz CT molecular complexity index is 855. The maximum atomic E-state index is 10.7. The standard InChI is InChI=1S/C17H16N6O2/c18-14(11-21-16-3-1-2-9-19-16)17-20-10-8-15(22-17)12-4-6-13(7-5-12)23(24)25/h1-10,14H,11,18H2,(H,19,21). The molecule has 0 aliphatic carbocycles. The van der Waals surface area contributed by atoms with Crippen LogP contribution >= 0.6 is 0 Å². The number of anilines is 1. The van der Waals surface area contributed by atoms with E-state index in [4.69, 9.17) is 5.73 Å². The molecule has 3 aromatic rings. The number of aromatic nitrogens is 3. The number of nitrogens with one attached hydrogen (secondary N) is 1. The van der Waals surface area contributed by atoms with Crippen LogP contribution in [-0.2, 0) is 0 Å². The van der Waals surface area contributed by atoms with E-state index in [0.717, 1.165) is 11.4 Å². The summed E-state index contributed by atoms with van der Waals surface area (Å²) >= 11 is 0. The monoisotopic (exact) mass is 336 g/mol. The van der Waals surface area contributed by atoms with Gasteiger partial charge in [0.1, 0.15) is 11.6 Å². The van der Waals surface area contributed by atoms with Crippen molar-refractivity contribution in [3.05, 3.63) is 76.9 Å². The summed E-state index contributed by atoms with van der Waals surface area (Å²) in [6.45, 7) is 0.431. The molecule has 0 saturated heterocycles. The number of nitrogens with zero attached hydrogens (tertiary/aromatic N) is 4. The van der Waals surface area contributed by atoms with E-state index in [1.165, 1.54) is 12.1 Å². The first-order chi connectivity index (χ1) is 12.1. The third-order valence-electron chi connectivity index (χ3n) is 3.55. The molecule has 0 radical (unpaired) electrons. The van der Waals surface area contributed by atoms with Crippen molar-refractivity contribution in [2.45, 2.75) is 6.04 Å². The lowest BCUT2D eigenvalue weighted by Crippen LogP contribution is -2.23. The van der Waals surface area contributed by atoms with Crippen LogP contribution in [0.3, 0.4) is 0 Å². The highest BCUT2D eigenvalue weighted by atomic mass is 16.6. The van der Waals surface area contributed by atoms with Crippen LogP contribution in [-0.4, -0.2) is 26.4 Å². The summed E-state index contributed by atoms with van der Waals surface area (Å²) in [4.78, 5) is 23.1. The molecule has 0 aliphatic rings. The first kappa shape index (κ1) is 16.5. The zero-order chi connectivity index (χ0) is 17.6. The fourth-order valence-electron chi connectivity index (χ4n) is 2.24. The van der Waals surface area contributed by atoms with Gasteiger partial charge in [-0.15, -0.1) is 0 Å². The maximum absolute atomic E-state index is 10.7. The zero-order valence-corrected chi connectivity index (χ0v) is 13.2. The van der Waals surface area contributed by atoms with Crippen LogP contribution in [0.2, 0.25) is 0 Å². The molecular weight excluding hydrogens is 320 g/mol. The van der Waals surface area contributed by atoms with Gasteiger partial charge in [-0.2, -0.15) is 0 Å². The fraction of sp³-hybridized carbons (Fsp3) is 0.118. The Morgan fingerprint density at radius 1 is 1.08 bits per heavy atom. The van der Waals surface area contributed by atoms with Crippen molar-refractivity contribution in [1.29, 1.82) is 0 Å². The van der Waals surface area contributed by atoms with E-state index >= 15 is 0 Å². The maximum Gasteiger partial charge on any atom is 0.269 e. The van der Waals surface area contributed by atoms with E-state index < -0.39 is 11.0 Å². The summed E-state index contributed by atoms with van der Waals surface area (Å²) in [6.07, 6.45) is 3.32. The minimum absolute atomic E-state index is 0.0364. The van der Waals surface area contributed by atoms with E-state index in [1.54, 1.807) is 30.6 Å². The van der Waals surface area contributed by atoms with E-state index in [2.05, 4.69) is 20.3 Å². The Labute approximate surface area is 143 Å². The molecule has 126 valence electrons. The van der Waals surface area contributed by atoms with Crippen molar-refractivity contribution >= 4 is 11.5 Å². The lowest BCUT2D eigenvalue weighted by molar-refractivity contribution is -0.384. The molecule has 1 aromatic carbocycles. The Balaban J connectivity index is 1.73. The average molecular weight is 336 g/mol. The van der Waals surface area contributed by atoms with Gasteiger partial charge in [-0.25, -0.2) is 15.0 Å². The Morgan fingerprint density at radius 2 is 1.88 bits per heavy atom. The van der Waals surface area contributed by atoms with Crippen molar-refractivity contribution in [2.24, 2.45) is 5.73 Å². The largest absolute Gasteiger partial charge is 0.368 e. The molecule has 1 unspecified atom stereocenters. The number of nitrogens with two attached hydrogens (primary N) is 1. The van der Waals surface area contributed by atoms with Gasteiger partial charge in [0.15, 0.2) is 0 Å². The summed E-state index contributed by atoms with van der Waals surface area (Å²) in [5.74, 6) is 1.21. The number of hydrogen-bond acceptors (Lipinski definition) is 7. The summed E-state index contributed by atoms with van der Waals surface area (Å²) < 4.78 is 0. The van der Waals surface area contributed by atoms with Crippen LogP contribution < -0.4 is 11.1 Å². The zero-order valence-electron chi connectivity index (χ0n) is 13.2. The summed E-state index contributed by atoms with van der Waals surface area (Å²) in [5, 5.41) is 13.9. The number of nitro groups is 1. The number of pyridine rings is 1. The predicted octanol–water partition coefficient (Wildman–Crippen LogP) is 2.56. The molecule has 0 saturated carbocycles. The van der Waals surface area contributed by atoms with Crippen LogP contribution in [0.15, 0.2) is 60.9 Å². The van der Waals surface area contributed by atoms with Crippen LogP contribution in [0.5, 0.6) is 0 Å². The van der Waals surface area contributed by atoms with Crippen LogP contribution in [0, 0.1) is 10.1 Å². The van der Waals surface area contributed by atoms with Crippen LogP contribution in [0.1, 0.15) is 11.9 Å². The quantitative estimate of drug-likeness (QED) is 0.524. The molecule has 3 rings (SSSR count). The second kappa shape index (κ2) is 7.45. The van der Waals surface area contributed by atoms with Crippen molar-refractivity contribution in [1.82, 2.24) is 15.0 Å². The molecule has 0 aliphatic heterocycles. The molecular formula is C17H16N6O2. The fourth-order valence-corrected chi connectivity index (χ4v) is 2.24. The first-order valence-corrected chi connectivity index (χ1v) is 7.62. The smallest absolute Gasteiger partial charge is 0.269 e. The Kier molecular flexibility index (Phi) is 4.91. The van der Waals surface area contributed by atoms with Crippen molar-refractivity contribution in [3.8, 4) is 11.3 Å². The Morgan fingerprint density at radius 3 is 2.56 bits per heavy atom. The number of rotatable bonds is 6. The van der Waals surface area contributed by atoms with E-state index in [-0.39, 0.29) is 5.69 Å². The van der Waals surface area contributed by atoms with Gasteiger partial charge in [0, 0.05) is 36.6 Å². The van der Waals surface area contributed by atoms with Gasteiger partial charge in [0.2, 0.25) is 0 Å². The predicted molar refractivity (Wildman–Crippen MR) is 93.8 cm³/mol. The van der Waals surface area contributed by atoms with Gasteiger partial charge in [-0.1, -0.05) is 6.07 Å². The van der Waals surface area contributed by atoms with Gasteiger partial charge in [0.25, 0.3) is 5.69 Å². The lowest BCUT2D eigenvalue weighted by atomic mass is 10.1. The highest BCUT2D eigenvalue weighted by molar-refractivity contribution is 5.60. The molecule has 1 atom stereocenters. The minimum atomic E-state index is -0.436. The number of non-ortho nitro benzene ring substituents is 1. The normalized spacial score (nSPS) is 11.7. The second-order valence-electron chi connectivity index (χ2n) is 5.31. The Hall–Kier alpha value is -3.39. The van der Waals surface area contributed by atoms with Crippen LogP contribution in [0.25, 0.3) is 11.3 Å². The molecule has 2 heterocycles. The van der Waals surface area contributed by atoms with Gasteiger partial charge in [0.05, 0.1) is 16.7 Å². The molecule has 8 nitrogen and oxygen atoms in total. The van der Waals surface area contributed by atoms with E-state index in [0.29, 0.717) is 18.1 Å². The van der Waals surface area contributed by atoms with Crippen molar-refractivity contribution in [3.63, 3.8) is 0 Å². The first-order valence-electron chi connectivity index (χ1n) is 7.62. The van der Waals surface area contributed by atoms with Gasteiger partial charge >= 0.3 is 0 Å². The van der Waals surface area contributed by atoms with Gasteiger partial charge in [-0.05, 0) is 30.3 Å². The summed E-state index contributed by atoms with van der Waals surface area (Å²) in [5.41, 5.74) is 7.61. The number of nitro benzene ring substituents is 1. The molecule has 3 N–H and O–H groups in total. The molecule has 8 heteroatoms. The van der Waals surface area contributed by atoms with Crippen molar-refractivity contribution < 1.29 is 4.92 Å². The number of benzene rings is 1. The highest BCUT2D eigenvalue weighted by Crippen LogP contribution is 2.21. The van der Waals surface area contributed by atoms with Crippen LogP contribution in [0.4, 0.5) is 11.5 Å². The molecule has 0 amide bonds. The average Bonchev–Trinajstić information content (AvgIpc) is 2.67. The highest BCUT2D eigenvalue weighted by Gasteiger charge is 2.12. The molecule has 0 fully saturated rings. The lowest BCUT2D eigenvalue weighted by Gasteiger charge is -2.12. The minimum Gasteiger partial charge on any atom is -0.368 e. The topological polar surface area (TPSA) is 120 Å². The molecule has 2 aromatic heterocycles. The van der Waals surface area contributed by atoms with Gasteiger partial charge in [-0.3, -0.25) is 10.1 Å². The second-order valence-corrected chi connectivity index (χ2v) is 5.31. The summed E-state index contributed by atoms with van der Waals surface area (Å²) in [7, 11) is 0. The molecule has 0 bridgehead atoms. The SMILES string of the molecule is NC(CNc1ccccn1)c1nccc(-c2ccc([N+](=O)[O-])cc2)n1. The molecule has 25 heavy (non-hydrogen) atoms. The van der Waals surface area contributed by atoms with Crippen molar-refractivity contribution in [2.75, 3.05) is 11.9 Å². The number of hydrogen-bond donors (Lipinski definition) is 2. The van der Waals surface area contributed by atoms with E-state index in [1.807, 2.05) is 18.2 Å². The third-order valence-corrected chi connectivity index (χ3v) is 3.55. The molecule has 0 spiro atoms. The third kappa shape index (κ3) is 4.12. The van der Waals surface area contributed by atoms with E-state index in [9.17, 15) is 10.1 Å². The van der Waals surface area contributed by atoms with Gasteiger partial charge < -0.3 is 11.1 Å².